The number of likely N-dealkylation sites (tertiary alicyclic amines) is 1. The number of nitrogens with two attached hydrogens (primary N) is 1. The van der Waals surface area contributed by atoms with Gasteiger partial charge >= 0.3 is 0 Å². The van der Waals surface area contributed by atoms with Gasteiger partial charge in [0.25, 0.3) is 0 Å². The van der Waals surface area contributed by atoms with Gasteiger partial charge in [0.15, 0.2) is 0 Å². The van der Waals surface area contributed by atoms with Crippen LogP contribution in [0.3, 0.4) is 0 Å². The quantitative estimate of drug-likeness (QED) is 0.715. The Morgan fingerprint density at radius 3 is 2.07 bits per heavy atom. The molecule has 2 nitrogen and oxygen atoms in total. The molecule has 0 radical (unpaired) electrons. The number of rotatable bonds is 1. The van der Waals surface area contributed by atoms with Gasteiger partial charge in [-0.3, -0.25) is 4.90 Å². The third kappa shape index (κ3) is 1.83. The van der Waals surface area contributed by atoms with Crippen molar-refractivity contribution in [2.45, 2.75) is 63.5 Å². The first-order valence-corrected chi connectivity index (χ1v) is 6.77. The van der Waals surface area contributed by atoms with E-state index in [0.29, 0.717) is 6.04 Å². The first-order chi connectivity index (χ1) is 7.27. The van der Waals surface area contributed by atoms with E-state index in [9.17, 15) is 0 Å². The summed E-state index contributed by atoms with van der Waals surface area (Å²) in [5, 5.41) is 0. The lowest BCUT2D eigenvalue weighted by atomic mass is 9.71. The molecule has 15 heavy (non-hydrogen) atoms. The highest BCUT2D eigenvalue weighted by Crippen LogP contribution is 2.49. The molecule has 3 aliphatic rings. The first kappa shape index (κ1) is 10.1. The Morgan fingerprint density at radius 2 is 1.53 bits per heavy atom. The van der Waals surface area contributed by atoms with Crippen molar-refractivity contribution < 1.29 is 0 Å². The highest BCUT2D eigenvalue weighted by atomic mass is 15.2. The maximum absolute atomic E-state index is 5.85. The van der Waals surface area contributed by atoms with Crippen LogP contribution in [0, 0.1) is 5.41 Å². The molecule has 0 aromatic heterocycles. The minimum absolute atomic E-state index is 0.479. The predicted molar refractivity (Wildman–Crippen MR) is 62.7 cm³/mol. The number of hydrogen-bond acceptors (Lipinski definition) is 2. The van der Waals surface area contributed by atoms with Crippen molar-refractivity contribution in [3.05, 3.63) is 0 Å². The molecule has 2 aliphatic carbocycles. The monoisotopic (exact) mass is 208 g/mol. The van der Waals surface area contributed by atoms with Gasteiger partial charge in [-0.15, -0.1) is 0 Å². The third-order valence-electron chi connectivity index (χ3n) is 5.13. The van der Waals surface area contributed by atoms with Gasteiger partial charge in [-0.05, 0) is 43.9 Å². The van der Waals surface area contributed by atoms with E-state index in [1.807, 2.05) is 0 Å². The van der Waals surface area contributed by atoms with E-state index < -0.39 is 0 Å². The summed E-state index contributed by atoms with van der Waals surface area (Å²) in [6, 6.07) is 1.36. The maximum Gasteiger partial charge on any atom is 0.0297 e. The molecule has 3 rings (SSSR count). The van der Waals surface area contributed by atoms with Gasteiger partial charge in [-0.2, -0.15) is 0 Å². The van der Waals surface area contributed by atoms with Gasteiger partial charge in [0.05, 0.1) is 0 Å². The van der Waals surface area contributed by atoms with E-state index in [1.165, 1.54) is 51.4 Å². The minimum Gasteiger partial charge on any atom is -0.325 e. The average Bonchev–Trinajstić information content (AvgIpc) is 2.64. The predicted octanol–water partition coefficient (Wildman–Crippen LogP) is 2.13. The molecule has 2 saturated carbocycles. The minimum atomic E-state index is 0.479. The van der Waals surface area contributed by atoms with Crippen molar-refractivity contribution in [3.63, 3.8) is 0 Å². The van der Waals surface area contributed by atoms with E-state index in [0.717, 1.165) is 24.5 Å². The molecule has 86 valence electrons. The van der Waals surface area contributed by atoms with Crippen LogP contribution in [0.5, 0.6) is 0 Å². The molecule has 0 aromatic rings. The van der Waals surface area contributed by atoms with Crippen LogP contribution in [0.25, 0.3) is 0 Å². The van der Waals surface area contributed by atoms with Crippen LogP contribution < -0.4 is 5.73 Å². The Balaban J connectivity index is 1.52. The SMILES string of the molecule is NC1CN(C2CCC3(CCCC3)CC2)C1. The van der Waals surface area contributed by atoms with Gasteiger partial charge < -0.3 is 5.73 Å². The van der Waals surface area contributed by atoms with Gasteiger partial charge in [0.2, 0.25) is 0 Å². The summed E-state index contributed by atoms with van der Waals surface area (Å²) in [6.07, 6.45) is 12.0. The van der Waals surface area contributed by atoms with Crippen LogP contribution in [-0.2, 0) is 0 Å². The Bertz CT molecular complexity index is 217. The lowest BCUT2D eigenvalue weighted by molar-refractivity contribution is 0.0386. The molecule has 0 amide bonds. The van der Waals surface area contributed by atoms with Crippen LogP contribution >= 0.6 is 0 Å². The van der Waals surface area contributed by atoms with Gasteiger partial charge in [0.1, 0.15) is 0 Å². The second kappa shape index (κ2) is 3.74. The fourth-order valence-electron chi connectivity index (χ4n) is 4.05. The van der Waals surface area contributed by atoms with E-state index in [4.69, 9.17) is 5.73 Å². The topological polar surface area (TPSA) is 29.3 Å². The molecule has 1 aliphatic heterocycles. The van der Waals surface area contributed by atoms with Gasteiger partial charge in [-0.1, -0.05) is 12.8 Å². The van der Waals surface area contributed by atoms with Crippen LogP contribution in [0.4, 0.5) is 0 Å². The van der Waals surface area contributed by atoms with Crippen molar-refractivity contribution in [2.75, 3.05) is 13.1 Å². The summed E-state index contributed by atoms with van der Waals surface area (Å²) >= 11 is 0. The van der Waals surface area contributed by atoms with Crippen molar-refractivity contribution in [2.24, 2.45) is 11.1 Å². The highest BCUT2D eigenvalue weighted by molar-refractivity contribution is 4.95. The molecule has 1 saturated heterocycles. The fourth-order valence-corrected chi connectivity index (χ4v) is 4.05. The Kier molecular flexibility index (Phi) is 2.52. The first-order valence-electron chi connectivity index (χ1n) is 6.77. The molecule has 2 heteroatoms. The van der Waals surface area contributed by atoms with Crippen molar-refractivity contribution in [1.29, 1.82) is 0 Å². The molecule has 0 atom stereocenters. The molecule has 0 unspecified atom stereocenters. The summed E-state index contributed by atoms with van der Waals surface area (Å²) in [4.78, 5) is 2.62. The molecular formula is C13H24N2. The smallest absolute Gasteiger partial charge is 0.0297 e. The molecule has 1 spiro atoms. The molecule has 3 fully saturated rings. The van der Waals surface area contributed by atoms with E-state index in [-0.39, 0.29) is 0 Å². The van der Waals surface area contributed by atoms with E-state index >= 15 is 0 Å². The molecule has 1 heterocycles. The normalized spacial score (nSPS) is 33.4. The summed E-state index contributed by atoms with van der Waals surface area (Å²) in [7, 11) is 0. The zero-order chi connectivity index (χ0) is 10.3. The summed E-state index contributed by atoms with van der Waals surface area (Å²) in [5.41, 5.74) is 6.64. The zero-order valence-corrected chi connectivity index (χ0v) is 9.75. The lowest BCUT2D eigenvalue weighted by Crippen LogP contribution is -2.60. The van der Waals surface area contributed by atoms with Gasteiger partial charge in [-0.25, -0.2) is 0 Å². The van der Waals surface area contributed by atoms with Gasteiger partial charge in [0, 0.05) is 25.2 Å². The summed E-state index contributed by atoms with van der Waals surface area (Å²) < 4.78 is 0. The standard InChI is InChI=1S/C13H24N2/c14-11-9-15(10-11)12-3-7-13(8-4-12)5-1-2-6-13/h11-12H,1-10,14H2. The highest BCUT2D eigenvalue weighted by Gasteiger charge is 2.40. The molecular weight excluding hydrogens is 184 g/mol. The van der Waals surface area contributed by atoms with Crippen LogP contribution in [0.15, 0.2) is 0 Å². The van der Waals surface area contributed by atoms with Crippen molar-refractivity contribution in [1.82, 2.24) is 4.90 Å². The van der Waals surface area contributed by atoms with Crippen LogP contribution in [-0.4, -0.2) is 30.1 Å². The second-order valence-corrected chi connectivity index (χ2v) is 6.15. The maximum atomic E-state index is 5.85. The average molecular weight is 208 g/mol. The Labute approximate surface area is 93.2 Å². The Hall–Kier alpha value is -0.0800. The molecule has 0 aromatic carbocycles. The Morgan fingerprint density at radius 1 is 0.933 bits per heavy atom. The largest absolute Gasteiger partial charge is 0.325 e. The zero-order valence-electron chi connectivity index (χ0n) is 9.75. The number of nitrogens with zero attached hydrogens (tertiary/aromatic N) is 1. The third-order valence-corrected chi connectivity index (χ3v) is 5.13. The number of hydrogen-bond donors (Lipinski definition) is 1. The van der Waals surface area contributed by atoms with Crippen LogP contribution in [0.1, 0.15) is 51.4 Å². The molecule has 2 N–H and O–H groups in total. The lowest BCUT2D eigenvalue weighted by Gasteiger charge is -2.47. The fraction of sp³-hybridized carbons (Fsp3) is 1.00. The molecule has 0 bridgehead atoms. The van der Waals surface area contributed by atoms with Crippen molar-refractivity contribution in [3.8, 4) is 0 Å². The van der Waals surface area contributed by atoms with E-state index in [2.05, 4.69) is 4.90 Å². The van der Waals surface area contributed by atoms with Crippen LogP contribution in [0.2, 0.25) is 0 Å². The van der Waals surface area contributed by atoms with Crippen molar-refractivity contribution >= 4 is 0 Å². The second-order valence-electron chi connectivity index (χ2n) is 6.15. The summed E-state index contributed by atoms with van der Waals surface area (Å²) in [6.45, 7) is 2.33. The van der Waals surface area contributed by atoms with E-state index in [1.54, 1.807) is 0 Å². The summed E-state index contributed by atoms with van der Waals surface area (Å²) in [5.74, 6) is 0.